The number of aliphatic hydroxyl groups is 1. The number of hydrogen-bond acceptors (Lipinski definition) is 4. The van der Waals surface area contributed by atoms with Gasteiger partial charge in [-0.1, -0.05) is 17.3 Å². The van der Waals surface area contributed by atoms with Crippen LogP contribution in [0.5, 0.6) is 0 Å². The van der Waals surface area contributed by atoms with Crippen LogP contribution in [0.2, 0.25) is 0 Å². The van der Waals surface area contributed by atoms with Crippen molar-refractivity contribution < 1.29 is 9.50 Å². The highest BCUT2D eigenvalue weighted by molar-refractivity contribution is 5.63. The molecular weight excluding hydrogens is 259 g/mol. The monoisotopic (exact) mass is 270 g/mol. The summed E-state index contributed by atoms with van der Waals surface area (Å²) in [6, 6.07) is 9.80. The maximum absolute atomic E-state index is 13.9. The number of rotatable bonds is 3. The van der Waals surface area contributed by atoms with Crippen molar-refractivity contribution in [1.29, 1.82) is 0 Å². The van der Waals surface area contributed by atoms with Gasteiger partial charge in [0.25, 0.3) is 0 Å². The Labute approximate surface area is 114 Å². The van der Waals surface area contributed by atoms with Crippen LogP contribution in [-0.4, -0.2) is 25.1 Å². The van der Waals surface area contributed by atoms with Crippen molar-refractivity contribution in [1.82, 2.24) is 20.0 Å². The zero-order chi connectivity index (χ0) is 13.9. The Morgan fingerprint density at radius 3 is 2.55 bits per heavy atom. The third-order valence-electron chi connectivity index (χ3n) is 2.92. The lowest BCUT2D eigenvalue weighted by Gasteiger charge is -2.08. The van der Waals surface area contributed by atoms with Gasteiger partial charge in [-0.25, -0.2) is 9.07 Å². The summed E-state index contributed by atoms with van der Waals surface area (Å²) in [7, 11) is 0. The van der Waals surface area contributed by atoms with Gasteiger partial charge >= 0.3 is 0 Å². The molecule has 20 heavy (non-hydrogen) atoms. The minimum absolute atomic E-state index is 0.272. The van der Waals surface area contributed by atoms with Gasteiger partial charge in [0.1, 0.15) is 22.9 Å². The number of hydrogen-bond donors (Lipinski definition) is 1. The normalized spacial score (nSPS) is 10.7. The molecule has 0 aliphatic rings. The Morgan fingerprint density at radius 2 is 1.85 bits per heavy atom. The molecule has 0 amide bonds. The van der Waals surface area contributed by atoms with E-state index in [1.807, 2.05) is 0 Å². The van der Waals surface area contributed by atoms with Crippen molar-refractivity contribution in [3.8, 4) is 16.9 Å². The molecule has 1 aromatic carbocycles. The number of benzene rings is 1. The molecule has 1 N–H and O–H groups in total. The van der Waals surface area contributed by atoms with Crippen LogP contribution in [-0.2, 0) is 6.61 Å². The number of aliphatic hydroxyl groups excluding tert-OH is 1. The van der Waals surface area contributed by atoms with Gasteiger partial charge in [-0.05, 0) is 24.3 Å². The van der Waals surface area contributed by atoms with Gasteiger partial charge in [-0.2, -0.15) is 0 Å². The summed E-state index contributed by atoms with van der Waals surface area (Å²) in [6.45, 7) is -0.272. The lowest BCUT2D eigenvalue weighted by Crippen LogP contribution is -2.02. The summed E-state index contributed by atoms with van der Waals surface area (Å²) in [5.41, 5.74) is 1.99. The molecule has 0 saturated heterocycles. The van der Waals surface area contributed by atoms with Gasteiger partial charge in [0.2, 0.25) is 0 Å². The zero-order valence-electron chi connectivity index (χ0n) is 10.4. The zero-order valence-corrected chi connectivity index (χ0v) is 10.4. The highest BCUT2D eigenvalue weighted by atomic mass is 19.1. The Balaban J connectivity index is 2.24. The summed E-state index contributed by atoms with van der Waals surface area (Å²) in [5.74, 6) is -0.405. The molecular formula is C14H11FN4O. The van der Waals surface area contributed by atoms with E-state index in [0.717, 1.165) is 5.56 Å². The average molecular weight is 270 g/mol. The lowest BCUT2D eigenvalue weighted by atomic mass is 10.1. The molecule has 6 heteroatoms. The minimum Gasteiger partial charge on any atom is -0.390 e. The molecule has 0 aliphatic carbocycles. The van der Waals surface area contributed by atoms with E-state index >= 15 is 0 Å². The predicted octanol–water partition coefficient (Wildman–Crippen LogP) is 1.96. The van der Waals surface area contributed by atoms with Crippen LogP contribution < -0.4 is 0 Å². The fraction of sp³-hybridized carbons (Fsp3) is 0.0714. The lowest BCUT2D eigenvalue weighted by molar-refractivity contribution is 0.277. The van der Waals surface area contributed by atoms with E-state index in [9.17, 15) is 9.50 Å². The summed E-state index contributed by atoms with van der Waals surface area (Å²) in [5, 5.41) is 17.2. The van der Waals surface area contributed by atoms with Crippen LogP contribution >= 0.6 is 0 Å². The van der Waals surface area contributed by atoms with Crippen LogP contribution in [0.4, 0.5) is 4.39 Å². The van der Waals surface area contributed by atoms with Gasteiger partial charge in [0.05, 0.1) is 6.61 Å². The van der Waals surface area contributed by atoms with Crippen molar-refractivity contribution in [2.75, 3.05) is 0 Å². The summed E-state index contributed by atoms with van der Waals surface area (Å²) in [4.78, 5) is 3.94. The highest BCUT2D eigenvalue weighted by Crippen LogP contribution is 2.25. The number of aromatic nitrogens is 4. The van der Waals surface area contributed by atoms with Crippen LogP contribution in [0, 0.1) is 5.82 Å². The fourth-order valence-electron chi connectivity index (χ4n) is 2.01. The highest BCUT2D eigenvalue weighted by Gasteiger charge is 2.17. The molecule has 0 bridgehead atoms. The first kappa shape index (κ1) is 12.4. The topological polar surface area (TPSA) is 63.8 Å². The molecule has 0 radical (unpaired) electrons. The molecule has 2 heterocycles. The molecule has 3 aromatic rings. The van der Waals surface area contributed by atoms with Gasteiger partial charge in [0, 0.05) is 18.0 Å². The van der Waals surface area contributed by atoms with Gasteiger partial charge in [0.15, 0.2) is 0 Å². The maximum Gasteiger partial charge on any atom is 0.148 e. The number of halogens is 1. The molecule has 0 atom stereocenters. The predicted molar refractivity (Wildman–Crippen MR) is 70.5 cm³/mol. The van der Waals surface area contributed by atoms with E-state index in [1.54, 1.807) is 42.7 Å². The quantitative estimate of drug-likeness (QED) is 0.790. The largest absolute Gasteiger partial charge is 0.390 e. The third kappa shape index (κ3) is 2.06. The number of nitrogens with zero attached hydrogens (tertiary/aromatic N) is 4. The van der Waals surface area contributed by atoms with Crippen molar-refractivity contribution >= 4 is 0 Å². The fourth-order valence-corrected chi connectivity index (χ4v) is 2.01. The Hall–Kier alpha value is -2.60. The molecule has 3 rings (SSSR count). The Bertz CT molecular complexity index is 727. The maximum atomic E-state index is 13.9. The number of pyridine rings is 1. The first-order valence-corrected chi connectivity index (χ1v) is 6.02. The number of para-hydroxylation sites is 1. The van der Waals surface area contributed by atoms with E-state index in [-0.39, 0.29) is 12.3 Å². The van der Waals surface area contributed by atoms with Gasteiger partial charge in [-0.3, -0.25) is 4.98 Å². The second-order valence-electron chi connectivity index (χ2n) is 4.14. The summed E-state index contributed by atoms with van der Waals surface area (Å²) in [6.07, 6.45) is 3.24. The van der Waals surface area contributed by atoms with Crippen molar-refractivity contribution in [3.63, 3.8) is 0 Å². The molecule has 0 unspecified atom stereocenters. The smallest absolute Gasteiger partial charge is 0.148 e. The molecule has 100 valence electrons. The summed E-state index contributed by atoms with van der Waals surface area (Å²) >= 11 is 0. The molecule has 2 aromatic heterocycles. The molecule has 0 fully saturated rings. The first-order valence-electron chi connectivity index (χ1n) is 6.02. The van der Waals surface area contributed by atoms with Crippen molar-refractivity contribution in [2.45, 2.75) is 6.61 Å². The second kappa shape index (κ2) is 5.18. The van der Waals surface area contributed by atoms with Crippen LogP contribution in [0.25, 0.3) is 16.9 Å². The second-order valence-corrected chi connectivity index (χ2v) is 4.14. The van der Waals surface area contributed by atoms with E-state index in [4.69, 9.17) is 0 Å². The van der Waals surface area contributed by atoms with Crippen molar-refractivity contribution in [3.05, 3.63) is 60.3 Å². The van der Waals surface area contributed by atoms with E-state index in [0.29, 0.717) is 11.4 Å². The minimum atomic E-state index is -0.405. The molecule has 0 spiro atoms. The van der Waals surface area contributed by atoms with Crippen LogP contribution in [0.3, 0.4) is 0 Å². The van der Waals surface area contributed by atoms with Gasteiger partial charge < -0.3 is 5.11 Å². The Morgan fingerprint density at radius 1 is 1.10 bits per heavy atom. The average Bonchev–Trinajstić information content (AvgIpc) is 2.92. The van der Waals surface area contributed by atoms with Crippen molar-refractivity contribution in [2.24, 2.45) is 0 Å². The van der Waals surface area contributed by atoms with Gasteiger partial charge in [-0.15, -0.1) is 5.10 Å². The third-order valence-corrected chi connectivity index (χ3v) is 2.92. The van der Waals surface area contributed by atoms with E-state index < -0.39 is 5.82 Å². The van der Waals surface area contributed by atoms with E-state index in [1.165, 1.54) is 10.7 Å². The van der Waals surface area contributed by atoms with Crippen LogP contribution in [0.15, 0.2) is 48.8 Å². The molecule has 5 nitrogen and oxygen atoms in total. The molecule has 0 saturated carbocycles. The SMILES string of the molecule is OCc1nnn(-c2ccccc2F)c1-c1ccncc1. The standard InChI is InChI=1S/C14H11FN4O/c15-11-3-1-2-4-13(11)19-14(12(9-20)17-18-19)10-5-7-16-8-6-10/h1-8,20H,9H2. The molecule has 0 aliphatic heterocycles. The van der Waals surface area contributed by atoms with E-state index in [2.05, 4.69) is 15.3 Å². The first-order chi connectivity index (χ1) is 9.81. The summed E-state index contributed by atoms with van der Waals surface area (Å²) < 4.78 is 15.3. The Kier molecular flexibility index (Phi) is 3.22. The van der Waals surface area contributed by atoms with Crippen LogP contribution in [0.1, 0.15) is 5.69 Å².